The van der Waals surface area contributed by atoms with Crippen molar-refractivity contribution in [1.82, 2.24) is 0 Å². The van der Waals surface area contributed by atoms with E-state index in [0.29, 0.717) is 33.9 Å². The molecule has 4 heterocycles. The number of rotatable bonds is 5. The minimum Gasteiger partial charge on any atom is -0.458 e. The zero-order valence-corrected chi connectivity index (χ0v) is 62.6. The fourth-order valence-electron chi connectivity index (χ4n) is 17.9. The SMILES string of the molecule is [2H]c1c([2H])c([2H])c2c(c1[2H])-c1c([2H])c([2H])c([2H])c([2H])c1C21c2ccccc2-c2cccc(-c3cc4c5c(c3)N(c3ccc(C(C)(C)C)cc3-c3ccccc3)c3ccccc3B5c3cc5c(cc3O4)Oc3cc(-c4cc(C(C)(C)C)cc(C(C)(C)C)c4)cc4c3B5c3ccccc3N4c3cc(C(C)(C)C)cc(C(C)(C)C)c3)c21. The standard InChI is InChI=1S/C99H88B2N2O2/c1-94(2,3)63-44-45-82(74(56-63)59-30-17-16-18-31-59)103-84-43-28-26-41-79(84)101-81-57-80-87(58-88(81)105-90-51-62(49-86(103)93(90)101)69-35-29-36-73-72-34-21-24-39-77(72)99(91(69)73)75-37-22-19-32-70(75)71-33-20-23-38-76(71)99)104-89-50-61(60-46-64(95(4,5)6)52-65(47-60)96(7,8)9)48-85-92(89)100(80)78-40-25-27-42-83(78)102(85)68-54-66(97(10,11)12)53-67(55-68)98(13,14)15/h16-58H,1-15H3/i19D,20D,22D,23D,32D,33D,37D,38D. The molecule has 2 aliphatic carbocycles. The highest BCUT2D eigenvalue weighted by Gasteiger charge is 2.54. The molecule has 0 saturated carbocycles. The Bertz CT molecular complexity index is 6240. The zero-order valence-electron chi connectivity index (χ0n) is 70.6. The Balaban J connectivity index is 0.890. The predicted molar refractivity (Wildman–Crippen MR) is 444 cm³/mol. The number of benzene rings is 13. The molecule has 0 saturated heterocycles. The van der Waals surface area contributed by atoms with Crippen LogP contribution >= 0.6 is 0 Å². The Morgan fingerprint density at radius 2 is 0.762 bits per heavy atom. The van der Waals surface area contributed by atoms with Gasteiger partial charge in [0.25, 0.3) is 13.4 Å². The van der Waals surface area contributed by atoms with E-state index in [1.54, 1.807) is 0 Å². The molecule has 0 atom stereocenters. The lowest BCUT2D eigenvalue weighted by Crippen LogP contribution is -2.63. The van der Waals surface area contributed by atoms with Crippen LogP contribution < -0.4 is 52.1 Å². The van der Waals surface area contributed by atoms with E-state index in [-0.39, 0.29) is 80.2 Å². The number of nitrogens with zero attached hydrogens (tertiary/aromatic N) is 2. The average Bonchev–Trinajstić information content (AvgIpc) is 1.49. The average molecular weight is 1370 g/mol. The Morgan fingerprint density at radius 1 is 0.295 bits per heavy atom. The lowest BCUT2D eigenvalue weighted by Gasteiger charge is -2.43. The van der Waals surface area contributed by atoms with Crippen molar-refractivity contribution in [1.29, 1.82) is 0 Å². The highest BCUT2D eigenvalue weighted by Crippen LogP contribution is 2.65. The van der Waals surface area contributed by atoms with E-state index < -0.39 is 36.3 Å². The topological polar surface area (TPSA) is 24.9 Å². The summed E-state index contributed by atoms with van der Waals surface area (Å²) in [5.41, 5.74) is 24.9. The number of ether oxygens (including phenoxy) is 2. The second kappa shape index (κ2) is 22.6. The van der Waals surface area contributed by atoms with Gasteiger partial charge >= 0.3 is 0 Å². The van der Waals surface area contributed by atoms with Crippen LogP contribution in [0.1, 0.15) is 165 Å². The van der Waals surface area contributed by atoms with Crippen LogP contribution in [0.4, 0.5) is 34.1 Å². The maximum atomic E-state index is 10.1. The normalized spacial score (nSPS) is 15.6. The molecule has 4 aliphatic heterocycles. The molecule has 19 rings (SSSR count). The fraction of sp³-hybridized carbons (Fsp3) is 0.212. The van der Waals surface area contributed by atoms with Crippen LogP contribution in [-0.2, 0) is 32.5 Å². The van der Waals surface area contributed by atoms with E-state index >= 15 is 0 Å². The first kappa shape index (κ1) is 56.6. The van der Waals surface area contributed by atoms with Gasteiger partial charge in [-0.3, -0.25) is 0 Å². The van der Waals surface area contributed by atoms with Crippen molar-refractivity contribution < 1.29 is 20.4 Å². The van der Waals surface area contributed by atoms with Crippen molar-refractivity contribution in [3.05, 3.63) is 311 Å². The molecule has 6 aliphatic rings. The third-order valence-corrected chi connectivity index (χ3v) is 23.3. The summed E-state index contributed by atoms with van der Waals surface area (Å²) in [6, 6.07) is 73.9. The second-order valence-corrected chi connectivity index (χ2v) is 35.0. The Labute approximate surface area is 632 Å². The van der Waals surface area contributed by atoms with Crippen molar-refractivity contribution >= 4 is 80.3 Å². The van der Waals surface area contributed by atoms with Gasteiger partial charge in [-0.2, -0.15) is 0 Å². The van der Waals surface area contributed by atoms with Crippen LogP contribution in [0.2, 0.25) is 0 Å². The summed E-state index contributed by atoms with van der Waals surface area (Å²) in [4.78, 5) is 4.92. The molecule has 0 N–H and O–H groups in total. The van der Waals surface area contributed by atoms with Gasteiger partial charge in [-0.15, -0.1) is 0 Å². The van der Waals surface area contributed by atoms with Crippen molar-refractivity contribution in [2.75, 3.05) is 9.80 Å². The molecule has 512 valence electrons. The first-order valence-electron chi connectivity index (χ1n) is 41.2. The quantitative estimate of drug-likeness (QED) is 0.160. The van der Waals surface area contributed by atoms with Crippen molar-refractivity contribution in [3.8, 4) is 78.6 Å². The van der Waals surface area contributed by atoms with Gasteiger partial charge in [0.2, 0.25) is 0 Å². The molecule has 6 heteroatoms. The van der Waals surface area contributed by atoms with E-state index in [1.165, 1.54) is 27.8 Å². The van der Waals surface area contributed by atoms with Crippen molar-refractivity contribution in [2.45, 2.75) is 136 Å². The van der Waals surface area contributed by atoms with Crippen LogP contribution in [0.15, 0.2) is 261 Å². The summed E-state index contributed by atoms with van der Waals surface area (Å²) in [5, 5.41) is 0. The predicted octanol–water partition coefficient (Wildman–Crippen LogP) is 22.3. The molecule has 0 aromatic heterocycles. The van der Waals surface area contributed by atoms with Crippen LogP contribution in [0.5, 0.6) is 23.0 Å². The van der Waals surface area contributed by atoms with E-state index in [9.17, 15) is 11.0 Å². The van der Waals surface area contributed by atoms with Gasteiger partial charge in [0.15, 0.2) is 0 Å². The smallest absolute Gasteiger partial charge is 0.256 e. The number of hydrogen-bond acceptors (Lipinski definition) is 4. The van der Waals surface area contributed by atoms with Gasteiger partial charge in [0.05, 0.1) is 22.1 Å². The van der Waals surface area contributed by atoms with E-state index in [0.717, 1.165) is 112 Å². The Kier molecular flexibility index (Phi) is 12.2. The molecule has 105 heavy (non-hydrogen) atoms. The van der Waals surface area contributed by atoms with Crippen molar-refractivity contribution in [2.24, 2.45) is 0 Å². The first-order chi connectivity index (χ1) is 53.5. The molecule has 0 unspecified atom stereocenters. The van der Waals surface area contributed by atoms with Crippen molar-refractivity contribution in [3.63, 3.8) is 0 Å². The molecule has 0 amide bonds. The summed E-state index contributed by atoms with van der Waals surface area (Å²) in [6.45, 7) is 33.7. The molecule has 0 fully saturated rings. The number of hydrogen-bond donors (Lipinski definition) is 0. The fourth-order valence-corrected chi connectivity index (χ4v) is 17.9. The molecular formula is C99H88B2N2O2. The van der Waals surface area contributed by atoms with Crippen LogP contribution in [0, 0.1) is 0 Å². The van der Waals surface area contributed by atoms with E-state index in [2.05, 4.69) is 290 Å². The lowest BCUT2D eigenvalue weighted by atomic mass is 9.31. The highest BCUT2D eigenvalue weighted by molar-refractivity contribution is 7.02. The number of fused-ring (bicyclic) bond motifs is 18. The largest absolute Gasteiger partial charge is 0.458 e. The number of anilines is 6. The maximum absolute atomic E-state index is 10.1. The molecule has 13 aromatic rings. The minimum absolute atomic E-state index is 0.0633. The minimum atomic E-state index is -1.68. The van der Waals surface area contributed by atoms with E-state index in [4.69, 9.17) is 9.47 Å². The monoisotopic (exact) mass is 1370 g/mol. The third kappa shape index (κ3) is 9.80. The number of para-hydroxylation sites is 2. The van der Waals surface area contributed by atoms with E-state index in [1.807, 2.05) is 36.4 Å². The molecule has 13 aromatic carbocycles. The summed E-state index contributed by atoms with van der Waals surface area (Å²) >= 11 is 0. The van der Waals surface area contributed by atoms with Crippen LogP contribution in [0.25, 0.3) is 55.6 Å². The van der Waals surface area contributed by atoms with Gasteiger partial charge < -0.3 is 19.3 Å². The van der Waals surface area contributed by atoms with Gasteiger partial charge in [-0.05, 0) is 221 Å². The molecule has 0 bridgehead atoms. The van der Waals surface area contributed by atoms with Gasteiger partial charge in [-0.25, -0.2) is 0 Å². The Hall–Kier alpha value is -10.8. The molecular weight excluding hydrogens is 1270 g/mol. The molecule has 0 radical (unpaired) electrons. The van der Waals surface area contributed by atoms with Gasteiger partial charge in [0.1, 0.15) is 23.0 Å². The summed E-state index contributed by atoms with van der Waals surface area (Å²) in [7, 11) is 0. The Morgan fingerprint density at radius 3 is 1.34 bits per heavy atom. The summed E-state index contributed by atoms with van der Waals surface area (Å²) in [6.07, 6.45) is 0. The van der Waals surface area contributed by atoms with Gasteiger partial charge in [0, 0.05) is 40.1 Å². The third-order valence-electron chi connectivity index (χ3n) is 23.3. The van der Waals surface area contributed by atoms with Crippen LogP contribution in [-0.4, -0.2) is 13.4 Å². The zero-order chi connectivity index (χ0) is 79.3. The lowest BCUT2D eigenvalue weighted by molar-refractivity contribution is 0.466. The van der Waals surface area contributed by atoms with Crippen LogP contribution in [0.3, 0.4) is 0 Å². The molecule has 1 spiro atoms. The van der Waals surface area contributed by atoms with Gasteiger partial charge in [-0.1, -0.05) is 298 Å². The maximum Gasteiger partial charge on any atom is 0.256 e. The second-order valence-electron chi connectivity index (χ2n) is 35.0. The molecule has 4 nitrogen and oxygen atoms in total. The summed E-state index contributed by atoms with van der Waals surface area (Å²) in [5.74, 6) is 2.67. The first-order valence-corrected chi connectivity index (χ1v) is 37.2. The highest BCUT2D eigenvalue weighted by atomic mass is 16.5. The summed E-state index contributed by atoms with van der Waals surface area (Å²) < 4.78 is 92.8.